The monoisotopic (exact) mass is 298 g/mol. The molecule has 0 fully saturated rings. The Morgan fingerprint density at radius 1 is 1.18 bits per heavy atom. The molecule has 2 N–H and O–H groups in total. The lowest BCUT2D eigenvalue weighted by molar-refractivity contribution is 0.510. The van der Waals surface area contributed by atoms with Crippen molar-refractivity contribution in [2.75, 3.05) is 5.73 Å². The van der Waals surface area contributed by atoms with Crippen molar-refractivity contribution in [2.45, 2.75) is 13.0 Å². The highest BCUT2D eigenvalue weighted by atomic mass is 19.2. The largest absolute Gasteiger partial charge is 0.399 e. The van der Waals surface area contributed by atoms with Crippen LogP contribution in [0.1, 0.15) is 6.42 Å². The number of nitrogens with two attached hydrogens (primary N) is 1. The van der Waals surface area contributed by atoms with E-state index in [9.17, 15) is 8.78 Å². The number of aromatic nitrogens is 2. The van der Waals surface area contributed by atoms with E-state index >= 15 is 0 Å². The van der Waals surface area contributed by atoms with Crippen LogP contribution in [0.25, 0.3) is 22.4 Å². The van der Waals surface area contributed by atoms with E-state index in [0.717, 1.165) is 17.7 Å². The van der Waals surface area contributed by atoms with Crippen molar-refractivity contribution >= 4 is 16.7 Å². The molecule has 0 saturated carbocycles. The first-order chi connectivity index (χ1) is 10.6. The van der Waals surface area contributed by atoms with Gasteiger partial charge in [-0.25, -0.2) is 13.8 Å². The van der Waals surface area contributed by atoms with E-state index in [4.69, 9.17) is 11.0 Å². The molecule has 0 aliphatic heterocycles. The predicted molar refractivity (Wildman–Crippen MR) is 79.7 cm³/mol. The third-order valence-corrected chi connectivity index (χ3v) is 3.38. The highest BCUT2D eigenvalue weighted by Gasteiger charge is 2.15. The van der Waals surface area contributed by atoms with Crippen molar-refractivity contribution in [3.8, 4) is 17.5 Å². The minimum atomic E-state index is -0.948. The number of hydrogen-bond acceptors (Lipinski definition) is 3. The summed E-state index contributed by atoms with van der Waals surface area (Å²) in [5.74, 6) is -1.36. The number of aryl methyl sites for hydroxylation is 1. The summed E-state index contributed by atoms with van der Waals surface area (Å²) < 4.78 is 28.6. The summed E-state index contributed by atoms with van der Waals surface area (Å²) >= 11 is 0. The van der Waals surface area contributed by atoms with Gasteiger partial charge in [0.1, 0.15) is 5.82 Å². The molecule has 0 radical (unpaired) electrons. The average Bonchev–Trinajstić information content (AvgIpc) is 2.83. The molecular formula is C16H12F2N4. The smallest absolute Gasteiger partial charge is 0.161 e. The topological polar surface area (TPSA) is 67.6 Å². The van der Waals surface area contributed by atoms with Crippen molar-refractivity contribution in [1.29, 1.82) is 5.26 Å². The normalized spacial score (nSPS) is 10.8. The molecule has 1 aromatic heterocycles. The highest BCUT2D eigenvalue weighted by Crippen LogP contribution is 2.27. The molecule has 0 aliphatic rings. The number of nitrogens with zero attached hydrogens (tertiary/aromatic N) is 3. The quantitative estimate of drug-likeness (QED) is 0.753. The van der Waals surface area contributed by atoms with Crippen LogP contribution in [0.5, 0.6) is 0 Å². The van der Waals surface area contributed by atoms with Crippen LogP contribution in [0, 0.1) is 23.0 Å². The SMILES string of the molecule is N#CCCn1c(-c2cccc(N)c2)nc2cc(F)c(F)cc21. The van der Waals surface area contributed by atoms with Crippen LogP contribution in [0.15, 0.2) is 36.4 Å². The maximum Gasteiger partial charge on any atom is 0.161 e. The lowest BCUT2D eigenvalue weighted by Crippen LogP contribution is -2.01. The van der Waals surface area contributed by atoms with Crippen LogP contribution in [-0.4, -0.2) is 9.55 Å². The number of nitriles is 1. The second-order valence-electron chi connectivity index (χ2n) is 4.88. The fraction of sp³-hybridized carbons (Fsp3) is 0.125. The molecule has 3 rings (SSSR count). The molecule has 110 valence electrons. The minimum Gasteiger partial charge on any atom is -0.399 e. The van der Waals surface area contributed by atoms with Crippen LogP contribution in [0.2, 0.25) is 0 Å². The third-order valence-electron chi connectivity index (χ3n) is 3.38. The molecule has 6 heteroatoms. The van der Waals surface area contributed by atoms with Gasteiger partial charge in [-0.15, -0.1) is 0 Å². The molecular weight excluding hydrogens is 286 g/mol. The van der Waals surface area contributed by atoms with Gasteiger partial charge in [0.2, 0.25) is 0 Å². The lowest BCUT2D eigenvalue weighted by Gasteiger charge is -2.07. The summed E-state index contributed by atoms with van der Waals surface area (Å²) in [4.78, 5) is 4.37. The summed E-state index contributed by atoms with van der Waals surface area (Å²) in [5, 5.41) is 8.80. The Morgan fingerprint density at radius 3 is 2.68 bits per heavy atom. The Bertz CT molecular complexity index is 893. The van der Waals surface area contributed by atoms with Crippen molar-refractivity contribution in [2.24, 2.45) is 0 Å². The van der Waals surface area contributed by atoms with Crippen molar-refractivity contribution in [3.05, 3.63) is 48.0 Å². The number of hydrogen-bond donors (Lipinski definition) is 1. The number of rotatable bonds is 3. The van der Waals surface area contributed by atoms with Gasteiger partial charge in [-0.2, -0.15) is 5.26 Å². The van der Waals surface area contributed by atoms with E-state index in [1.54, 1.807) is 22.8 Å². The van der Waals surface area contributed by atoms with Crippen LogP contribution < -0.4 is 5.73 Å². The Hall–Kier alpha value is -2.94. The molecule has 0 amide bonds. The Balaban J connectivity index is 2.26. The van der Waals surface area contributed by atoms with Crippen molar-refractivity contribution in [3.63, 3.8) is 0 Å². The summed E-state index contributed by atoms with van der Waals surface area (Å²) in [6.07, 6.45) is 0.236. The predicted octanol–water partition coefficient (Wildman–Crippen LogP) is 3.48. The Morgan fingerprint density at radius 2 is 1.95 bits per heavy atom. The van der Waals surface area contributed by atoms with Crippen molar-refractivity contribution < 1.29 is 8.78 Å². The summed E-state index contributed by atoms with van der Waals surface area (Å²) in [6.45, 7) is 0.336. The van der Waals surface area contributed by atoms with Crippen LogP contribution >= 0.6 is 0 Å². The maximum atomic E-state index is 13.5. The van der Waals surface area contributed by atoms with Gasteiger partial charge in [0.25, 0.3) is 0 Å². The van der Waals surface area contributed by atoms with E-state index in [1.165, 1.54) is 0 Å². The zero-order chi connectivity index (χ0) is 15.7. The van der Waals surface area contributed by atoms with Gasteiger partial charge in [0, 0.05) is 29.9 Å². The van der Waals surface area contributed by atoms with Gasteiger partial charge in [-0.05, 0) is 12.1 Å². The molecule has 0 bridgehead atoms. The van der Waals surface area contributed by atoms with E-state index in [-0.39, 0.29) is 6.42 Å². The van der Waals surface area contributed by atoms with Gasteiger partial charge in [-0.3, -0.25) is 0 Å². The molecule has 0 spiro atoms. The standard InChI is InChI=1S/C16H12F2N4/c17-12-8-14-15(9-13(12)18)22(6-2-5-19)16(21-14)10-3-1-4-11(20)7-10/h1,3-4,7-9H,2,6,20H2. The number of nitrogen functional groups attached to an aromatic ring is 1. The fourth-order valence-corrected chi connectivity index (χ4v) is 2.41. The first kappa shape index (κ1) is 14.0. The highest BCUT2D eigenvalue weighted by molar-refractivity contribution is 5.81. The minimum absolute atomic E-state index is 0.236. The van der Waals surface area contributed by atoms with E-state index in [0.29, 0.717) is 29.1 Å². The van der Waals surface area contributed by atoms with Crippen LogP contribution in [0.4, 0.5) is 14.5 Å². The molecule has 0 saturated heterocycles. The first-order valence-electron chi connectivity index (χ1n) is 6.68. The number of fused-ring (bicyclic) bond motifs is 1. The average molecular weight is 298 g/mol. The van der Waals surface area contributed by atoms with Gasteiger partial charge in [0.15, 0.2) is 11.6 Å². The zero-order valence-corrected chi connectivity index (χ0v) is 11.6. The summed E-state index contributed by atoms with van der Waals surface area (Å²) in [7, 11) is 0. The Kier molecular flexibility index (Phi) is 3.47. The summed E-state index contributed by atoms with van der Waals surface area (Å²) in [6, 6.07) is 11.3. The molecule has 1 heterocycles. The maximum absolute atomic E-state index is 13.5. The second-order valence-corrected chi connectivity index (χ2v) is 4.88. The molecule has 3 aromatic rings. The molecule has 0 unspecified atom stereocenters. The number of halogens is 2. The third kappa shape index (κ3) is 2.37. The summed E-state index contributed by atoms with van der Waals surface area (Å²) in [5.41, 5.74) is 7.87. The van der Waals surface area contributed by atoms with Gasteiger partial charge < -0.3 is 10.3 Å². The van der Waals surface area contributed by atoms with Crippen molar-refractivity contribution in [1.82, 2.24) is 9.55 Å². The number of imidazole rings is 1. The van der Waals surface area contributed by atoms with E-state index < -0.39 is 11.6 Å². The van der Waals surface area contributed by atoms with E-state index in [1.807, 2.05) is 12.1 Å². The van der Waals surface area contributed by atoms with Crippen LogP contribution in [0.3, 0.4) is 0 Å². The van der Waals surface area contributed by atoms with Gasteiger partial charge >= 0.3 is 0 Å². The molecule has 4 nitrogen and oxygen atoms in total. The Labute approximate surface area is 125 Å². The lowest BCUT2D eigenvalue weighted by atomic mass is 10.2. The molecule has 22 heavy (non-hydrogen) atoms. The zero-order valence-electron chi connectivity index (χ0n) is 11.6. The molecule has 2 aromatic carbocycles. The fourth-order valence-electron chi connectivity index (χ4n) is 2.41. The molecule has 0 atom stereocenters. The number of anilines is 1. The van der Waals surface area contributed by atoms with E-state index in [2.05, 4.69) is 4.98 Å². The second kappa shape index (κ2) is 5.45. The molecule has 0 aliphatic carbocycles. The van der Waals surface area contributed by atoms with Crippen LogP contribution in [-0.2, 0) is 6.54 Å². The van der Waals surface area contributed by atoms with Gasteiger partial charge in [0.05, 0.1) is 23.5 Å². The first-order valence-corrected chi connectivity index (χ1v) is 6.68. The van der Waals surface area contributed by atoms with Gasteiger partial charge in [-0.1, -0.05) is 12.1 Å². The number of benzene rings is 2.